The van der Waals surface area contributed by atoms with Gasteiger partial charge in [-0.05, 0) is 30.9 Å². The molecule has 18 heavy (non-hydrogen) atoms. The standard InChI is InChI=1S/C14H17F3O/c1-9(2)12(10(3)18)8-11-6-4-5-7-13(11)14(15,16)17/h4-7,9,12H,8H2,1-3H3. The highest BCUT2D eigenvalue weighted by molar-refractivity contribution is 5.78. The zero-order valence-electron chi connectivity index (χ0n) is 10.7. The zero-order valence-corrected chi connectivity index (χ0v) is 10.7. The van der Waals surface area contributed by atoms with Gasteiger partial charge >= 0.3 is 6.18 Å². The number of rotatable bonds is 4. The predicted molar refractivity (Wildman–Crippen MR) is 64.2 cm³/mol. The summed E-state index contributed by atoms with van der Waals surface area (Å²) in [5, 5.41) is 0. The molecule has 0 saturated heterocycles. The van der Waals surface area contributed by atoms with Crippen LogP contribution in [0.1, 0.15) is 31.9 Å². The maximum absolute atomic E-state index is 12.8. The van der Waals surface area contributed by atoms with Gasteiger partial charge < -0.3 is 0 Å². The first-order valence-electron chi connectivity index (χ1n) is 5.89. The average Bonchev–Trinajstić information content (AvgIpc) is 2.24. The number of alkyl halides is 3. The molecule has 100 valence electrons. The summed E-state index contributed by atoms with van der Waals surface area (Å²) < 4.78 is 38.4. The fourth-order valence-electron chi connectivity index (χ4n) is 2.06. The molecule has 1 unspecified atom stereocenters. The minimum atomic E-state index is -4.37. The van der Waals surface area contributed by atoms with Crippen molar-refractivity contribution in [1.82, 2.24) is 0 Å². The van der Waals surface area contributed by atoms with Gasteiger partial charge in [0, 0.05) is 5.92 Å². The van der Waals surface area contributed by atoms with Crippen LogP contribution in [0.2, 0.25) is 0 Å². The number of hydrogen-bond acceptors (Lipinski definition) is 1. The maximum Gasteiger partial charge on any atom is 0.416 e. The Morgan fingerprint density at radius 1 is 1.22 bits per heavy atom. The van der Waals surface area contributed by atoms with E-state index in [1.54, 1.807) is 6.07 Å². The van der Waals surface area contributed by atoms with Crippen LogP contribution in [0, 0.1) is 11.8 Å². The largest absolute Gasteiger partial charge is 0.416 e. The summed E-state index contributed by atoms with van der Waals surface area (Å²) in [5.41, 5.74) is -0.448. The average molecular weight is 258 g/mol. The molecule has 1 atom stereocenters. The second-order valence-electron chi connectivity index (χ2n) is 4.82. The molecule has 0 bridgehead atoms. The van der Waals surface area contributed by atoms with E-state index in [0.29, 0.717) is 0 Å². The smallest absolute Gasteiger partial charge is 0.300 e. The lowest BCUT2D eigenvalue weighted by Gasteiger charge is -2.20. The lowest BCUT2D eigenvalue weighted by atomic mass is 9.85. The van der Waals surface area contributed by atoms with Crippen molar-refractivity contribution in [3.05, 3.63) is 35.4 Å². The Labute approximate surface area is 105 Å². The third kappa shape index (κ3) is 3.59. The molecule has 0 N–H and O–H groups in total. The molecule has 1 nitrogen and oxygen atoms in total. The van der Waals surface area contributed by atoms with Crippen LogP contribution in [-0.2, 0) is 17.4 Å². The highest BCUT2D eigenvalue weighted by Crippen LogP contribution is 2.33. The predicted octanol–water partition coefficient (Wildman–Crippen LogP) is 4.11. The van der Waals surface area contributed by atoms with Gasteiger partial charge in [-0.15, -0.1) is 0 Å². The minimum absolute atomic E-state index is 0.0313. The van der Waals surface area contributed by atoms with Crippen molar-refractivity contribution in [2.75, 3.05) is 0 Å². The van der Waals surface area contributed by atoms with Gasteiger partial charge in [0.2, 0.25) is 0 Å². The monoisotopic (exact) mass is 258 g/mol. The number of carbonyl (C=O) groups excluding carboxylic acids is 1. The Morgan fingerprint density at radius 3 is 2.22 bits per heavy atom. The van der Waals surface area contributed by atoms with Crippen molar-refractivity contribution in [1.29, 1.82) is 0 Å². The summed E-state index contributed by atoms with van der Waals surface area (Å²) in [6, 6.07) is 5.45. The molecule has 0 fully saturated rings. The SMILES string of the molecule is CC(=O)C(Cc1ccccc1C(F)(F)F)C(C)C. The number of carbonyl (C=O) groups is 1. The Kier molecular flexibility index (Phi) is 4.54. The topological polar surface area (TPSA) is 17.1 Å². The van der Waals surface area contributed by atoms with Gasteiger partial charge in [-0.25, -0.2) is 0 Å². The van der Waals surface area contributed by atoms with Crippen molar-refractivity contribution in [2.24, 2.45) is 11.8 Å². The molecule has 0 aromatic heterocycles. The van der Waals surface area contributed by atoms with E-state index in [2.05, 4.69) is 0 Å². The molecule has 0 amide bonds. The molecule has 1 rings (SSSR count). The van der Waals surface area contributed by atoms with Crippen LogP contribution < -0.4 is 0 Å². The van der Waals surface area contributed by atoms with E-state index < -0.39 is 11.7 Å². The number of Topliss-reactive ketones (excluding diaryl/α,β-unsaturated/α-hetero) is 1. The molecular weight excluding hydrogens is 241 g/mol. The number of hydrogen-bond donors (Lipinski definition) is 0. The van der Waals surface area contributed by atoms with Crippen LogP contribution in [0.3, 0.4) is 0 Å². The first-order valence-corrected chi connectivity index (χ1v) is 5.89. The van der Waals surface area contributed by atoms with Crippen LogP contribution in [0.4, 0.5) is 13.2 Å². The highest BCUT2D eigenvalue weighted by Gasteiger charge is 2.34. The summed E-state index contributed by atoms with van der Waals surface area (Å²) in [7, 11) is 0. The van der Waals surface area contributed by atoms with Crippen LogP contribution in [-0.4, -0.2) is 5.78 Å². The molecule has 4 heteroatoms. The minimum Gasteiger partial charge on any atom is -0.300 e. The van der Waals surface area contributed by atoms with E-state index in [0.717, 1.165) is 6.07 Å². The second kappa shape index (κ2) is 5.55. The quantitative estimate of drug-likeness (QED) is 0.794. The van der Waals surface area contributed by atoms with Crippen molar-refractivity contribution in [3.63, 3.8) is 0 Å². The lowest BCUT2D eigenvalue weighted by molar-refractivity contribution is -0.138. The fraction of sp³-hybridized carbons (Fsp3) is 0.500. The second-order valence-corrected chi connectivity index (χ2v) is 4.82. The summed E-state index contributed by atoms with van der Waals surface area (Å²) in [5.74, 6) is -0.403. The van der Waals surface area contributed by atoms with Crippen molar-refractivity contribution >= 4 is 5.78 Å². The Morgan fingerprint density at radius 2 is 1.78 bits per heavy atom. The van der Waals surface area contributed by atoms with E-state index >= 15 is 0 Å². The lowest BCUT2D eigenvalue weighted by Crippen LogP contribution is -2.22. The van der Waals surface area contributed by atoms with Crippen LogP contribution in [0.25, 0.3) is 0 Å². The normalized spacial score (nSPS) is 13.7. The Hall–Kier alpha value is -1.32. The highest BCUT2D eigenvalue weighted by atomic mass is 19.4. The molecule has 0 spiro atoms. The van der Waals surface area contributed by atoms with Gasteiger partial charge in [0.15, 0.2) is 0 Å². The number of halogens is 3. The van der Waals surface area contributed by atoms with Crippen molar-refractivity contribution in [3.8, 4) is 0 Å². The molecule has 0 aliphatic heterocycles. The molecule has 0 aliphatic rings. The van der Waals surface area contributed by atoms with Gasteiger partial charge in [0.05, 0.1) is 5.56 Å². The number of ketones is 1. The molecule has 0 heterocycles. The van der Waals surface area contributed by atoms with Crippen LogP contribution >= 0.6 is 0 Å². The third-order valence-corrected chi connectivity index (χ3v) is 3.09. The fourth-order valence-corrected chi connectivity index (χ4v) is 2.06. The molecule has 0 saturated carbocycles. The first-order chi connectivity index (χ1) is 8.23. The van der Waals surface area contributed by atoms with Crippen molar-refractivity contribution < 1.29 is 18.0 Å². The molecule has 0 radical (unpaired) electrons. The van der Waals surface area contributed by atoms with E-state index in [1.807, 2.05) is 13.8 Å². The Balaban J connectivity index is 3.07. The maximum atomic E-state index is 12.8. The van der Waals surface area contributed by atoms with Gasteiger partial charge in [-0.2, -0.15) is 13.2 Å². The molecular formula is C14H17F3O. The summed E-state index contributed by atoms with van der Waals surface area (Å²) in [4.78, 5) is 11.5. The van der Waals surface area contributed by atoms with Crippen LogP contribution in [0.15, 0.2) is 24.3 Å². The van der Waals surface area contributed by atoms with Gasteiger partial charge in [-0.3, -0.25) is 4.79 Å². The Bertz CT molecular complexity index is 421. The van der Waals surface area contributed by atoms with E-state index in [1.165, 1.54) is 19.1 Å². The number of benzene rings is 1. The van der Waals surface area contributed by atoms with Gasteiger partial charge in [-0.1, -0.05) is 32.0 Å². The van der Waals surface area contributed by atoms with Crippen molar-refractivity contribution in [2.45, 2.75) is 33.4 Å². The van der Waals surface area contributed by atoms with Crippen LogP contribution in [0.5, 0.6) is 0 Å². The summed E-state index contributed by atoms with van der Waals surface area (Å²) in [6.45, 7) is 5.13. The summed E-state index contributed by atoms with van der Waals surface area (Å²) >= 11 is 0. The van der Waals surface area contributed by atoms with E-state index in [9.17, 15) is 18.0 Å². The molecule has 0 aliphatic carbocycles. The third-order valence-electron chi connectivity index (χ3n) is 3.09. The first kappa shape index (κ1) is 14.7. The van der Waals surface area contributed by atoms with Gasteiger partial charge in [0.25, 0.3) is 0 Å². The van der Waals surface area contributed by atoms with Gasteiger partial charge in [0.1, 0.15) is 5.78 Å². The molecule has 1 aromatic rings. The zero-order chi connectivity index (χ0) is 13.9. The summed E-state index contributed by atoms with van der Waals surface area (Å²) in [6.07, 6.45) is -4.22. The molecule has 1 aromatic carbocycles. The van der Waals surface area contributed by atoms with E-state index in [-0.39, 0.29) is 29.6 Å². The van der Waals surface area contributed by atoms with E-state index in [4.69, 9.17) is 0 Å².